The summed E-state index contributed by atoms with van der Waals surface area (Å²) in [4.78, 5) is 9.97. The highest BCUT2D eigenvalue weighted by atomic mass is 127. The van der Waals surface area contributed by atoms with Crippen LogP contribution in [0.3, 0.4) is 0 Å². The van der Waals surface area contributed by atoms with Gasteiger partial charge in [-0.3, -0.25) is 10.1 Å². The molecule has 1 N–H and O–H groups in total. The molecule has 1 rings (SSSR count). The number of hydrogen-bond donors (Lipinski definition) is 1. The van der Waals surface area contributed by atoms with E-state index in [2.05, 4.69) is 29.5 Å². The lowest BCUT2D eigenvalue weighted by molar-refractivity contribution is -0.386. The second kappa shape index (κ2) is 5.29. The number of phenolic OH excluding ortho intramolecular Hbond substituents is 1. The van der Waals surface area contributed by atoms with Crippen LogP contribution >= 0.6 is 22.6 Å². The lowest BCUT2D eigenvalue weighted by atomic mass is 10.1. The fraction of sp³-hybridized carbons (Fsp3) is 0.400. The third-order valence-corrected chi connectivity index (χ3v) is 3.14. The lowest BCUT2D eigenvalue weighted by Crippen LogP contribution is -1.94. The molecule has 0 saturated heterocycles. The van der Waals surface area contributed by atoms with Gasteiger partial charge in [0, 0.05) is 9.64 Å². The van der Waals surface area contributed by atoms with Crippen LogP contribution in [0.25, 0.3) is 0 Å². The maximum absolute atomic E-state index is 10.5. The molecule has 0 bridgehead atoms. The van der Waals surface area contributed by atoms with Crippen LogP contribution in [0.1, 0.15) is 25.3 Å². The predicted molar refractivity (Wildman–Crippen MR) is 66.1 cm³/mol. The zero-order valence-electron chi connectivity index (χ0n) is 8.36. The number of phenols is 1. The van der Waals surface area contributed by atoms with Gasteiger partial charge in [-0.25, -0.2) is 0 Å². The maximum atomic E-state index is 10.5. The molecule has 4 nitrogen and oxygen atoms in total. The lowest BCUT2D eigenvalue weighted by Gasteiger charge is -2.04. The number of hydrogen-bond acceptors (Lipinski definition) is 3. The van der Waals surface area contributed by atoms with Gasteiger partial charge in [-0.05, 0) is 47.1 Å². The molecule has 0 aliphatic rings. The van der Waals surface area contributed by atoms with E-state index < -0.39 is 4.92 Å². The number of unbranched alkanes of at least 4 members (excludes halogenated alkanes) is 1. The Kier molecular flexibility index (Phi) is 4.31. The van der Waals surface area contributed by atoms with Gasteiger partial charge in [0.1, 0.15) is 0 Å². The van der Waals surface area contributed by atoms with E-state index in [0.717, 1.165) is 28.4 Å². The van der Waals surface area contributed by atoms with Gasteiger partial charge in [-0.1, -0.05) is 13.3 Å². The number of nitrogens with zero attached hydrogens (tertiary/aromatic N) is 1. The topological polar surface area (TPSA) is 63.4 Å². The van der Waals surface area contributed by atoms with Gasteiger partial charge in [-0.2, -0.15) is 0 Å². The highest BCUT2D eigenvalue weighted by Crippen LogP contribution is 2.30. The van der Waals surface area contributed by atoms with Crippen LogP contribution in [-0.4, -0.2) is 10.0 Å². The van der Waals surface area contributed by atoms with Crippen molar-refractivity contribution in [2.45, 2.75) is 26.2 Å². The van der Waals surface area contributed by atoms with Gasteiger partial charge in [0.15, 0.2) is 5.75 Å². The fourth-order valence-corrected chi connectivity index (χ4v) is 2.02. The normalized spacial score (nSPS) is 10.3. The van der Waals surface area contributed by atoms with Crippen LogP contribution in [0, 0.1) is 13.7 Å². The molecule has 0 radical (unpaired) electrons. The SMILES string of the molecule is CCCCc1cc(O)c([N+](=O)[O-])cc1I. The van der Waals surface area contributed by atoms with Gasteiger partial charge < -0.3 is 5.11 Å². The van der Waals surface area contributed by atoms with Crippen LogP contribution in [0.15, 0.2) is 12.1 Å². The average molecular weight is 321 g/mol. The summed E-state index contributed by atoms with van der Waals surface area (Å²) in [6.45, 7) is 2.08. The highest BCUT2D eigenvalue weighted by molar-refractivity contribution is 14.1. The maximum Gasteiger partial charge on any atom is 0.311 e. The second-order valence-corrected chi connectivity index (χ2v) is 4.46. The van der Waals surface area contributed by atoms with Crippen LogP contribution in [-0.2, 0) is 6.42 Å². The molecular weight excluding hydrogens is 309 g/mol. The van der Waals surface area contributed by atoms with E-state index in [-0.39, 0.29) is 11.4 Å². The second-order valence-electron chi connectivity index (χ2n) is 3.29. The van der Waals surface area contributed by atoms with Crippen molar-refractivity contribution in [1.29, 1.82) is 0 Å². The summed E-state index contributed by atoms with van der Waals surface area (Å²) in [7, 11) is 0. The zero-order chi connectivity index (χ0) is 11.4. The van der Waals surface area contributed by atoms with Crippen LogP contribution in [0.5, 0.6) is 5.75 Å². The molecule has 1 aromatic carbocycles. The molecule has 0 amide bonds. The summed E-state index contributed by atoms with van der Waals surface area (Å²) in [5.74, 6) is -0.244. The summed E-state index contributed by atoms with van der Waals surface area (Å²) in [5.41, 5.74) is 0.750. The van der Waals surface area contributed by atoms with E-state index in [1.807, 2.05) is 0 Å². The summed E-state index contributed by atoms with van der Waals surface area (Å²) < 4.78 is 0.838. The van der Waals surface area contributed by atoms with Crippen molar-refractivity contribution in [2.75, 3.05) is 0 Å². The molecule has 82 valence electrons. The Bertz CT molecular complexity index is 379. The molecule has 1 aromatic rings. The standard InChI is InChI=1S/C10H12INO3/c1-2-3-4-7-5-10(13)9(12(14)15)6-8(7)11/h5-6,13H,2-4H2,1H3. The van der Waals surface area contributed by atoms with Gasteiger partial charge >= 0.3 is 5.69 Å². The monoisotopic (exact) mass is 321 g/mol. The Hall–Kier alpha value is -0.850. The molecule has 0 aromatic heterocycles. The first-order valence-corrected chi connectivity index (χ1v) is 5.80. The van der Waals surface area contributed by atoms with Gasteiger partial charge in [0.2, 0.25) is 0 Å². The largest absolute Gasteiger partial charge is 0.502 e. The Labute approximate surface area is 102 Å². The molecule has 0 unspecified atom stereocenters. The number of benzene rings is 1. The molecule has 0 heterocycles. The smallest absolute Gasteiger partial charge is 0.311 e. The number of aryl methyl sites for hydroxylation is 1. The number of halogens is 1. The van der Waals surface area contributed by atoms with Crippen molar-refractivity contribution in [3.05, 3.63) is 31.4 Å². The summed E-state index contributed by atoms with van der Waals surface area (Å²) >= 11 is 2.06. The third kappa shape index (κ3) is 3.05. The highest BCUT2D eigenvalue weighted by Gasteiger charge is 2.15. The van der Waals surface area contributed by atoms with Crippen molar-refractivity contribution in [1.82, 2.24) is 0 Å². The Balaban J connectivity index is 3.02. The van der Waals surface area contributed by atoms with E-state index in [0.29, 0.717) is 0 Å². The van der Waals surface area contributed by atoms with E-state index in [9.17, 15) is 15.2 Å². The van der Waals surface area contributed by atoms with Gasteiger partial charge in [-0.15, -0.1) is 0 Å². The number of nitro groups is 1. The minimum atomic E-state index is -0.568. The molecule has 15 heavy (non-hydrogen) atoms. The van der Waals surface area contributed by atoms with Gasteiger partial charge in [0.05, 0.1) is 4.92 Å². The van der Waals surface area contributed by atoms with E-state index in [4.69, 9.17) is 0 Å². The van der Waals surface area contributed by atoms with Crippen molar-refractivity contribution < 1.29 is 10.0 Å². The first kappa shape index (κ1) is 12.2. The van der Waals surface area contributed by atoms with E-state index >= 15 is 0 Å². The Morgan fingerprint density at radius 2 is 2.20 bits per heavy atom. The summed E-state index contributed by atoms with van der Waals surface area (Å²) in [6, 6.07) is 2.91. The zero-order valence-corrected chi connectivity index (χ0v) is 10.5. The molecular formula is C10H12INO3. The molecule has 0 aliphatic heterocycles. The van der Waals surface area contributed by atoms with Crippen molar-refractivity contribution in [3.8, 4) is 5.75 Å². The molecule has 0 fully saturated rings. The first-order valence-electron chi connectivity index (χ1n) is 4.72. The number of aromatic hydroxyl groups is 1. The minimum Gasteiger partial charge on any atom is -0.502 e. The molecule has 5 heteroatoms. The van der Waals surface area contributed by atoms with E-state index in [1.165, 1.54) is 12.1 Å². The van der Waals surface area contributed by atoms with Crippen LogP contribution < -0.4 is 0 Å². The van der Waals surface area contributed by atoms with Crippen LogP contribution in [0.4, 0.5) is 5.69 Å². The minimum absolute atomic E-state index is 0.223. The molecule has 0 saturated carbocycles. The first-order chi connectivity index (χ1) is 7.06. The molecule has 0 atom stereocenters. The number of rotatable bonds is 4. The van der Waals surface area contributed by atoms with Crippen molar-refractivity contribution in [2.24, 2.45) is 0 Å². The summed E-state index contributed by atoms with van der Waals surface area (Å²) in [6.07, 6.45) is 2.93. The third-order valence-electron chi connectivity index (χ3n) is 2.14. The predicted octanol–water partition coefficient (Wildman–Crippen LogP) is 3.25. The molecule has 0 aliphatic carbocycles. The van der Waals surface area contributed by atoms with E-state index in [1.54, 1.807) is 0 Å². The Morgan fingerprint density at radius 3 is 2.73 bits per heavy atom. The van der Waals surface area contributed by atoms with Gasteiger partial charge in [0.25, 0.3) is 0 Å². The summed E-state index contributed by atoms with van der Waals surface area (Å²) in [5, 5.41) is 20.0. The Morgan fingerprint density at radius 1 is 1.53 bits per heavy atom. The van der Waals surface area contributed by atoms with Crippen molar-refractivity contribution >= 4 is 28.3 Å². The van der Waals surface area contributed by atoms with Crippen LogP contribution in [0.2, 0.25) is 0 Å². The van der Waals surface area contributed by atoms with Crippen molar-refractivity contribution in [3.63, 3.8) is 0 Å². The fourth-order valence-electron chi connectivity index (χ4n) is 1.30. The average Bonchev–Trinajstić information content (AvgIpc) is 2.18. The molecule has 0 spiro atoms. The number of nitro benzene ring substituents is 1. The quantitative estimate of drug-likeness (QED) is 0.526.